The Hall–Kier alpha value is -10.4. The van der Waals surface area contributed by atoms with Gasteiger partial charge >= 0.3 is 12.1 Å². The van der Waals surface area contributed by atoms with E-state index in [-0.39, 0.29) is 106 Å². The minimum Gasteiger partial charge on any atom is -0.508 e. The summed E-state index contributed by atoms with van der Waals surface area (Å²) in [6, 6.07) is 45.5. The molecule has 0 radical (unpaired) electrons. The van der Waals surface area contributed by atoms with Gasteiger partial charge in [-0.2, -0.15) is 0 Å². The Morgan fingerprint density at radius 2 is 1.06 bits per heavy atom. The van der Waals surface area contributed by atoms with Crippen LogP contribution in [0.1, 0.15) is 33.4 Å². The number of amides is 8. The maximum absolute atomic E-state index is 14.2. The molecule has 0 aliphatic carbocycles. The van der Waals surface area contributed by atoms with Crippen molar-refractivity contribution in [1.82, 2.24) is 65.2 Å². The molecule has 4 saturated heterocycles. The standard InChI is InChI=1S/C34H34N6O4.C32H33N7O4/c1-2-18-38-23-31(42)39-29(19-24-13-15-28(41)16-14-24)33(43)37(21-27-11-6-10-26-12-7-17-35-32(26)27)22-30(39)40(38)34(44)36-20-25-8-4-3-5-9-25;1-2-14-37-20-30(41)38-28(16-22-8-11-25(40)12-9-22)31(42)36(18-24-10-13-26-27(15-24)35-21-34-26)19-29(38)39(37)32(43)33-17-23-6-4-3-5-7-23/h2-17,29-30,41H,1,18-23H2,(H,36,44);2-13,15,21,28-29,40H,1,14,16-20H2,(H,33,43)(H,34,35)/t29-,30-;28-,29-/m00/s1. The highest BCUT2D eigenvalue weighted by Crippen LogP contribution is 2.33. The minimum absolute atomic E-state index is 0.0723. The largest absolute Gasteiger partial charge is 0.508 e. The van der Waals surface area contributed by atoms with E-state index in [1.807, 2.05) is 109 Å². The van der Waals surface area contributed by atoms with E-state index in [4.69, 9.17) is 0 Å². The number of aromatic nitrogens is 3. The second-order valence-corrected chi connectivity index (χ2v) is 21.8. The van der Waals surface area contributed by atoms with Gasteiger partial charge in [-0.05, 0) is 75.8 Å². The van der Waals surface area contributed by atoms with Gasteiger partial charge in [0.25, 0.3) is 0 Å². The lowest BCUT2D eigenvalue weighted by atomic mass is 9.98. The van der Waals surface area contributed by atoms with E-state index in [1.165, 1.54) is 0 Å². The first kappa shape index (κ1) is 58.4. The molecule has 4 aliphatic heterocycles. The highest BCUT2D eigenvalue weighted by atomic mass is 16.3. The molecule has 87 heavy (non-hydrogen) atoms. The van der Waals surface area contributed by atoms with Crippen molar-refractivity contribution in [2.75, 3.05) is 39.3 Å². The van der Waals surface area contributed by atoms with E-state index < -0.39 is 24.4 Å². The van der Waals surface area contributed by atoms with Gasteiger partial charge in [0.05, 0.1) is 49.1 Å². The third-order valence-electron chi connectivity index (χ3n) is 16.0. The fraction of sp³-hybridized carbons (Fsp3) is 0.242. The van der Waals surface area contributed by atoms with E-state index >= 15 is 0 Å². The van der Waals surface area contributed by atoms with E-state index in [2.05, 4.69) is 38.7 Å². The van der Waals surface area contributed by atoms with Gasteiger partial charge in [-0.15, -0.1) is 13.2 Å². The summed E-state index contributed by atoms with van der Waals surface area (Å²) in [6.45, 7) is 9.50. The number of nitrogens with zero attached hydrogens (tertiary/aromatic N) is 10. The monoisotopic (exact) mass is 1170 g/mol. The second kappa shape index (κ2) is 26.3. The van der Waals surface area contributed by atoms with Crippen molar-refractivity contribution in [3.63, 3.8) is 0 Å². The zero-order chi connectivity index (χ0) is 60.6. The molecule has 4 fully saturated rings. The number of carbonyl (C=O) groups is 6. The van der Waals surface area contributed by atoms with Crippen LogP contribution in [0.25, 0.3) is 21.9 Å². The number of fused-ring (bicyclic) bond motifs is 4. The number of phenols is 2. The molecule has 5 N–H and O–H groups in total. The molecule has 4 atom stereocenters. The quantitative estimate of drug-likeness (QED) is 0.0638. The maximum atomic E-state index is 14.2. The van der Waals surface area contributed by atoms with E-state index in [0.717, 1.165) is 55.3 Å². The summed E-state index contributed by atoms with van der Waals surface area (Å²) in [5.74, 6) is -0.673. The predicted molar refractivity (Wildman–Crippen MR) is 326 cm³/mol. The highest BCUT2D eigenvalue weighted by Gasteiger charge is 2.53. The summed E-state index contributed by atoms with van der Waals surface area (Å²) in [4.78, 5) is 102. The Morgan fingerprint density at radius 1 is 0.563 bits per heavy atom. The van der Waals surface area contributed by atoms with Gasteiger partial charge in [0.2, 0.25) is 23.6 Å². The van der Waals surface area contributed by atoms with Crippen LogP contribution in [0.2, 0.25) is 0 Å². The molecular weight excluding hydrogens is 1100 g/mol. The van der Waals surface area contributed by atoms with E-state index in [1.54, 1.807) is 113 Å². The molecule has 6 aromatic carbocycles. The maximum Gasteiger partial charge on any atom is 0.334 e. The molecule has 21 nitrogen and oxygen atoms in total. The molecule has 6 heterocycles. The Morgan fingerprint density at radius 3 is 1.57 bits per heavy atom. The van der Waals surface area contributed by atoms with Crippen molar-refractivity contribution in [2.45, 2.75) is 63.4 Å². The summed E-state index contributed by atoms with van der Waals surface area (Å²) in [6.07, 6.45) is 5.62. The Kier molecular flexibility index (Phi) is 17.6. The predicted octanol–water partition coefficient (Wildman–Crippen LogP) is 6.68. The molecule has 12 rings (SSSR count). The van der Waals surface area contributed by atoms with Crippen molar-refractivity contribution in [3.8, 4) is 11.5 Å². The number of carbonyl (C=O) groups excluding carboxylic acids is 6. The number of benzene rings is 6. The molecule has 0 bridgehead atoms. The third-order valence-corrected chi connectivity index (χ3v) is 16.0. The van der Waals surface area contributed by atoms with Gasteiger partial charge in [0.15, 0.2) is 0 Å². The molecule has 0 saturated carbocycles. The molecule has 444 valence electrons. The normalized spacial score (nSPS) is 18.9. The van der Waals surface area contributed by atoms with Crippen LogP contribution < -0.4 is 10.6 Å². The number of pyridine rings is 1. The number of para-hydroxylation sites is 1. The van der Waals surface area contributed by atoms with Gasteiger partial charge in [-0.25, -0.2) is 34.6 Å². The van der Waals surface area contributed by atoms with Crippen LogP contribution >= 0.6 is 0 Å². The zero-order valence-electron chi connectivity index (χ0n) is 47.8. The fourth-order valence-electron chi connectivity index (χ4n) is 11.9. The second-order valence-electron chi connectivity index (χ2n) is 21.8. The number of hydrazine groups is 2. The van der Waals surface area contributed by atoms with Gasteiger partial charge < -0.3 is 45.4 Å². The van der Waals surface area contributed by atoms with Crippen LogP contribution in [0.5, 0.6) is 11.5 Å². The number of aromatic amines is 1. The zero-order valence-corrected chi connectivity index (χ0v) is 47.8. The van der Waals surface area contributed by atoms with Crippen molar-refractivity contribution >= 4 is 57.6 Å². The van der Waals surface area contributed by atoms with Crippen LogP contribution in [0, 0.1) is 0 Å². The number of hydrogen-bond donors (Lipinski definition) is 5. The number of piperazine rings is 2. The topological polar surface area (TPSA) is 234 Å². The number of phenolic OH excluding ortho intramolecular Hbond substituents is 2. The van der Waals surface area contributed by atoms with Crippen LogP contribution in [-0.4, -0.2) is 164 Å². The molecular formula is C66H67N13O8. The first-order valence-electron chi connectivity index (χ1n) is 28.8. The van der Waals surface area contributed by atoms with E-state index in [9.17, 15) is 39.0 Å². The summed E-state index contributed by atoms with van der Waals surface area (Å²) in [5.41, 5.74) is 7.70. The molecule has 4 aliphatic rings. The van der Waals surface area contributed by atoms with Gasteiger partial charge in [0, 0.05) is 63.7 Å². The van der Waals surface area contributed by atoms with Crippen molar-refractivity contribution in [2.24, 2.45) is 0 Å². The molecule has 8 amide bonds. The molecule has 8 aromatic rings. The van der Waals surface area contributed by atoms with Crippen molar-refractivity contribution < 1.29 is 39.0 Å². The van der Waals surface area contributed by atoms with Crippen LogP contribution in [0.3, 0.4) is 0 Å². The molecule has 0 unspecified atom stereocenters. The fourth-order valence-corrected chi connectivity index (χ4v) is 11.9. The van der Waals surface area contributed by atoms with Gasteiger partial charge in [-0.1, -0.05) is 127 Å². The number of aromatic hydroxyl groups is 2. The Bertz CT molecular complexity index is 3810. The summed E-state index contributed by atoms with van der Waals surface area (Å²) in [5, 5.41) is 33.1. The summed E-state index contributed by atoms with van der Waals surface area (Å²) < 4.78 is 0. The first-order valence-corrected chi connectivity index (χ1v) is 28.8. The first-order chi connectivity index (χ1) is 42.3. The molecule has 0 spiro atoms. The number of imidazole rings is 1. The summed E-state index contributed by atoms with van der Waals surface area (Å²) >= 11 is 0. The average Bonchev–Trinajstić information content (AvgIpc) is 1.31. The van der Waals surface area contributed by atoms with Crippen LogP contribution in [0.15, 0.2) is 196 Å². The Labute approximate surface area is 502 Å². The third kappa shape index (κ3) is 13.0. The van der Waals surface area contributed by atoms with E-state index in [0.29, 0.717) is 19.6 Å². The highest BCUT2D eigenvalue weighted by molar-refractivity contribution is 5.93. The number of urea groups is 2. The lowest BCUT2D eigenvalue weighted by molar-refractivity contribution is -0.189. The number of nitrogens with one attached hydrogen (secondary N) is 3. The Balaban J connectivity index is 0.000000180. The van der Waals surface area contributed by atoms with Crippen LogP contribution in [0.4, 0.5) is 9.59 Å². The van der Waals surface area contributed by atoms with Gasteiger partial charge in [0.1, 0.15) is 35.9 Å². The summed E-state index contributed by atoms with van der Waals surface area (Å²) in [7, 11) is 0. The molecule has 2 aromatic heterocycles. The lowest BCUT2D eigenvalue weighted by Crippen LogP contribution is -2.76. The molecule has 21 heteroatoms. The number of H-pyrrole nitrogens is 1. The smallest absolute Gasteiger partial charge is 0.334 e. The SMILES string of the molecule is C=CCN1CC(=O)N2[C@@H](Cc3ccc(O)cc3)C(=O)N(Cc3ccc4nc[nH]c4c3)C[C@@H]2N1C(=O)NCc1ccccc1.C=CCN1CC(=O)N2[C@@H](Cc3ccc(O)cc3)C(=O)N(Cc3cccc4cccnc34)C[C@@H]2N1C(=O)NCc1ccccc1. The number of hydrogen-bond acceptors (Lipinski definition) is 12. The number of rotatable bonds is 16. The van der Waals surface area contributed by atoms with Crippen LogP contribution in [-0.2, 0) is 58.2 Å². The lowest BCUT2D eigenvalue weighted by Gasteiger charge is -2.55. The average molecular weight is 1170 g/mol. The minimum atomic E-state index is -0.857. The van der Waals surface area contributed by atoms with Crippen molar-refractivity contribution in [3.05, 3.63) is 229 Å². The van der Waals surface area contributed by atoms with Gasteiger partial charge in [-0.3, -0.25) is 24.2 Å². The van der Waals surface area contributed by atoms with Crippen molar-refractivity contribution in [1.29, 1.82) is 0 Å².